The lowest BCUT2D eigenvalue weighted by atomic mass is 10.1. The molecule has 1 atom stereocenters. The van der Waals surface area contributed by atoms with Crippen LogP contribution in [-0.4, -0.2) is 53.5 Å². The number of methoxy groups -OCH3 is 1. The van der Waals surface area contributed by atoms with Crippen molar-refractivity contribution in [1.29, 1.82) is 0 Å². The number of ether oxygens (including phenoxy) is 1. The highest BCUT2D eigenvalue weighted by molar-refractivity contribution is 8.14. The van der Waals surface area contributed by atoms with E-state index < -0.39 is 12.0 Å². The summed E-state index contributed by atoms with van der Waals surface area (Å²) in [5.74, 6) is -0.157. The number of carbonyl (C=O) groups excluding carboxylic acids is 3. The molecule has 2 amide bonds. The van der Waals surface area contributed by atoms with Crippen molar-refractivity contribution in [2.45, 2.75) is 37.8 Å². The van der Waals surface area contributed by atoms with E-state index in [-0.39, 0.29) is 23.7 Å². The maximum absolute atomic E-state index is 12.4. The van der Waals surface area contributed by atoms with Crippen LogP contribution in [0.2, 0.25) is 0 Å². The molecule has 0 aromatic carbocycles. The van der Waals surface area contributed by atoms with Crippen LogP contribution in [0.1, 0.15) is 25.7 Å². The average Bonchev–Trinajstić information content (AvgIpc) is 3.05. The molecule has 0 radical (unpaired) electrons. The standard InChI is InChI=1S/C12H18N2O4S/c1-18-10(15)6-14(8-4-2-3-5-8)11(16)9-7-19-12(17)13-9/h8-9H,2-7H2,1H3,(H,13,17). The van der Waals surface area contributed by atoms with E-state index in [1.807, 2.05) is 0 Å². The normalized spacial score (nSPS) is 23.2. The quantitative estimate of drug-likeness (QED) is 0.772. The number of rotatable bonds is 4. The molecule has 106 valence electrons. The Morgan fingerprint density at radius 3 is 2.63 bits per heavy atom. The van der Waals surface area contributed by atoms with Gasteiger partial charge < -0.3 is 15.0 Å². The lowest BCUT2D eigenvalue weighted by Gasteiger charge is -2.29. The number of nitrogens with one attached hydrogen (secondary N) is 1. The number of hydrogen-bond acceptors (Lipinski definition) is 5. The number of thioether (sulfide) groups is 1. The highest BCUT2D eigenvalue weighted by Gasteiger charge is 2.36. The third-order valence-electron chi connectivity index (χ3n) is 3.55. The Balaban J connectivity index is 2.04. The molecular weight excluding hydrogens is 268 g/mol. The summed E-state index contributed by atoms with van der Waals surface area (Å²) in [4.78, 5) is 36.6. The summed E-state index contributed by atoms with van der Waals surface area (Å²) in [6.07, 6.45) is 3.97. The van der Waals surface area contributed by atoms with Gasteiger partial charge in [0.15, 0.2) is 0 Å². The predicted octanol–water partition coefficient (Wildman–Crippen LogP) is 0.756. The lowest BCUT2D eigenvalue weighted by molar-refractivity contribution is -0.149. The van der Waals surface area contributed by atoms with Gasteiger partial charge in [0.05, 0.1) is 7.11 Å². The molecule has 1 unspecified atom stereocenters. The van der Waals surface area contributed by atoms with Crippen LogP contribution < -0.4 is 5.32 Å². The molecule has 1 heterocycles. The van der Waals surface area contributed by atoms with Gasteiger partial charge in [-0.05, 0) is 12.8 Å². The third kappa shape index (κ3) is 3.40. The fourth-order valence-electron chi connectivity index (χ4n) is 2.52. The van der Waals surface area contributed by atoms with Gasteiger partial charge in [0.2, 0.25) is 5.91 Å². The van der Waals surface area contributed by atoms with Crippen LogP contribution in [-0.2, 0) is 14.3 Å². The lowest BCUT2D eigenvalue weighted by Crippen LogP contribution is -2.51. The molecule has 1 saturated carbocycles. The Morgan fingerprint density at radius 2 is 2.11 bits per heavy atom. The molecule has 1 aliphatic carbocycles. The molecule has 0 bridgehead atoms. The van der Waals surface area contributed by atoms with Crippen LogP contribution >= 0.6 is 11.8 Å². The van der Waals surface area contributed by atoms with Crippen LogP contribution in [0.15, 0.2) is 0 Å². The Morgan fingerprint density at radius 1 is 1.42 bits per heavy atom. The highest BCUT2D eigenvalue weighted by atomic mass is 32.2. The third-order valence-corrected chi connectivity index (χ3v) is 4.43. The van der Waals surface area contributed by atoms with Gasteiger partial charge in [-0.3, -0.25) is 14.4 Å². The van der Waals surface area contributed by atoms with Gasteiger partial charge in [-0.15, -0.1) is 0 Å². The minimum atomic E-state index is -0.511. The molecule has 1 N–H and O–H groups in total. The van der Waals surface area contributed by atoms with Crippen molar-refractivity contribution in [1.82, 2.24) is 10.2 Å². The molecule has 6 nitrogen and oxygen atoms in total. The topological polar surface area (TPSA) is 75.7 Å². The molecule has 0 spiro atoms. The summed E-state index contributed by atoms with van der Waals surface area (Å²) in [5.41, 5.74) is 0. The second-order valence-corrected chi connectivity index (χ2v) is 5.77. The van der Waals surface area contributed by atoms with Crippen molar-refractivity contribution < 1.29 is 19.1 Å². The zero-order chi connectivity index (χ0) is 13.8. The van der Waals surface area contributed by atoms with Crippen LogP contribution in [0.25, 0.3) is 0 Å². The summed E-state index contributed by atoms with van der Waals surface area (Å²) in [6.45, 7) is -0.0307. The van der Waals surface area contributed by atoms with Crippen molar-refractivity contribution in [2.75, 3.05) is 19.4 Å². The summed E-state index contributed by atoms with van der Waals surface area (Å²) >= 11 is 1.10. The Bertz CT molecular complexity index is 382. The van der Waals surface area contributed by atoms with Crippen molar-refractivity contribution >= 4 is 28.9 Å². The summed E-state index contributed by atoms with van der Waals surface area (Å²) in [5, 5.41) is 2.45. The second-order valence-electron chi connectivity index (χ2n) is 4.78. The zero-order valence-electron chi connectivity index (χ0n) is 10.9. The van der Waals surface area contributed by atoms with E-state index in [0.717, 1.165) is 37.4 Å². The molecular formula is C12H18N2O4S. The van der Waals surface area contributed by atoms with Crippen molar-refractivity contribution in [3.05, 3.63) is 0 Å². The van der Waals surface area contributed by atoms with Gasteiger partial charge in [-0.2, -0.15) is 0 Å². The number of esters is 1. The maximum Gasteiger partial charge on any atom is 0.325 e. The van der Waals surface area contributed by atoms with E-state index in [9.17, 15) is 14.4 Å². The van der Waals surface area contributed by atoms with Crippen LogP contribution in [0.4, 0.5) is 4.79 Å². The van der Waals surface area contributed by atoms with Crippen LogP contribution in [0.3, 0.4) is 0 Å². The molecule has 1 saturated heterocycles. The fourth-order valence-corrected chi connectivity index (χ4v) is 3.29. The first-order valence-electron chi connectivity index (χ1n) is 6.42. The van der Waals surface area contributed by atoms with E-state index in [1.165, 1.54) is 7.11 Å². The van der Waals surface area contributed by atoms with Gasteiger partial charge in [0.1, 0.15) is 12.6 Å². The summed E-state index contributed by atoms with van der Waals surface area (Å²) in [6, 6.07) is -0.420. The smallest absolute Gasteiger partial charge is 0.325 e. The number of carbonyl (C=O) groups is 3. The zero-order valence-corrected chi connectivity index (χ0v) is 11.7. The van der Waals surface area contributed by atoms with Gasteiger partial charge in [-0.1, -0.05) is 24.6 Å². The van der Waals surface area contributed by atoms with E-state index in [4.69, 9.17) is 0 Å². The molecule has 2 aliphatic rings. The molecule has 1 aliphatic heterocycles. The Hall–Kier alpha value is -1.24. The number of hydrogen-bond donors (Lipinski definition) is 1. The average molecular weight is 286 g/mol. The largest absolute Gasteiger partial charge is 0.468 e. The molecule has 0 aromatic rings. The predicted molar refractivity (Wildman–Crippen MR) is 70.8 cm³/mol. The van der Waals surface area contributed by atoms with Crippen molar-refractivity contribution in [2.24, 2.45) is 0 Å². The first-order valence-corrected chi connectivity index (χ1v) is 7.41. The number of amides is 2. The second kappa shape index (κ2) is 6.27. The minimum Gasteiger partial charge on any atom is -0.468 e. The monoisotopic (exact) mass is 286 g/mol. The van der Waals surface area contributed by atoms with E-state index >= 15 is 0 Å². The van der Waals surface area contributed by atoms with Crippen LogP contribution in [0, 0.1) is 0 Å². The molecule has 19 heavy (non-hydrogen) atoms. The van der Waals surface area contributed by atoms with Crippen LogP contribution in [0.5, 0.6) is 0 Å². The number of nitrogens with zero attached hydrogens (tertiary/aromatic N) is 1. The van der Waals surface area contributed by atoms with E-state index in [0.29, 0.717) is 5.75 Å². The molecule has 7 heteroatoms. The van der Waals surface area contributed by atoms with Crippen molar-refractivity contribution in [3.8, 4) is 0 Å². The van der Waals surface area contributed by atoms with Crippen molar-refractivity contribution in [3.63, 3.8) is 0 Å². The first kappa shape index (κ1) is 14.2. The van der Waals surface area contributed by atoms with Gasteiger partial charge in [-0.25, -0.2) is 0 Å². The summed E-state index contributed by atoms with van der Waals surface area (Å²) < 4.78 is 4.65. The minimum absolute atomic E-state index is 0.0307. The van der Waals surface area contributed by atoms with E-state index in [1.54, 1.807) is 4.90 Å². The van der Waals surface area contributed by atoms with Gasteiger partial charge in [0.25, 0.3) is 5.24 Å². The van der Waals surface area contributed by atoms with Gasteiger partial charge >= 0.3 is 5.97 Å². The molecule has 2 fully saturated rings. The summed E-state index contributed by atoms with van der Waals surface area (Å²) in [7, 11) is 1.31. The molecule has 0 aromatic heterocycles. The molecule has 2 rings (SSSR count). The first-order chi connectivity index (χ1) is 9.11. The van der Waals surface area contributed by atoms with Gasteiger partial charge in [0, 0.05) is 11.8 Å². The maximum atomic E-state index is 12.4. The fraction of sp³-hybridized carbons (Fsp3) is 0.750. The SMILES string of the molecule is COC(=O)CN(C(=O)C1CSC(=O)N1)C1CCCC1. The Labute approximate surface area is 116 Å². The Kier molecular flexibility index (Phi) is 4.68. The van der Waals surface area contributed by atoms with E-state index in [2.05, 4.69) is 10.1 Å². The highest BCUT2D eigenvalue weighted by Crippen LogP contribution is 2.25.